The van der Waals surface area contributed by atoms with E-state index in [2.05, 4.69) is 9.97 Å². The van der Waals surface area contributed by atoms with E-state index in [0.29, 0.717) is 12.2 Å². The Hall–Kier alpha value is -2.23. The van der Waals surface area contributed by atoms with E-state index in [1.165, 1.54) is 5.56 Å². The monoisotopic (exact) mass is 255 g/mol. The van der Waals surface area contributed by atoms with Crippen molar-refractivity contribution >= 4 is 5.91 Å². The zero-order valence-electron chi connectivity index (χ0n) is 11.2. The second-order valence-electron chi connectivity index (χ2n) is 4.50. The van der Waals surface area contributed by atoms with Gasteiger partial charge in [0.25, 0.3) is 5.91 Å². The van der Waals surface area contributed by atoms with Gasteiger partial charge < -0.3 is 4.90 Å². The van der Waals surface area contributed by atoms with Crippen LogP contribution in [0.25, 0.3) is 0 Å². The topological polar surface area (TPSA) is 46.1 Å². The van der Waals surface area contributed by atoms with E-state index in [0.717, 1.165) is 12.1 Å². The highest BCUT2D eigenvalue weighted by Crippen LogP contribution is 2.04. The summed E-state index contributed by atoms with van der Waals surface area (Å²) in [5.74, 6) is -0.0437. The zero-order chi connectivity index (χ0) is 13.7. The molecule has 1 amide bonds. The van der Waals surface area contributed by atoms with Crippen molar-refractivity contribution in [3.05, 3.63) is 59.7 Å². The molecule has 0 aliphatic carbocycles. The van der Waals surface area contributed by atoms with Gasteiger partial charge in [0.1, 0.15) is 5.69 Å². The van der Waals surface area contributed by atoms with Crippen molar-refractivity contribution < 1.29 is 4.79 Å². The van der Waals surface area contributed by atoms with Crippen molar-refractivity contribution in [1.29, 1.82) is 0 Å². The normalized spacial score (nSPS) is 10.2. The van der Waals surface area contributed by atoms with E-state index in [1.54, 1.807) is 30.4 Å². The summed E-state index contributed by atoms with van der Waals surface area (Å²) in [6.07, 6.45) is 4.34. The van der Waals surface area contributed by atoms with Crippen LogP contribution < -0.4 is 0 Å². The van der Waals surface area contributed by atoms with E-state index in [-0.39, 0.29) is 5.91 Å². The van der Waals surface area contributed by atoms with Crippen molar-refractivity contribution in [2.75, 3.05) is 13.6 Å². The first-order valence-corrected chi connectivity index (χ1v) is 6.25. The summed E-state index contributed by atoms with van der Waals surface area (Å²) in [5, 5.41) is 0. The Balaban J connectivity index is 1.96. The maximum absolute atomic E-state index is 12.2. The van der Waals surface area contributed by atoms with Crippen LogP contribution in [0.2, 0.25) is 0 Å². The molecule has 0 aliphatic heterocycles. The van der Waals surface area contributed by atoms with Crippen molar-refractivity contribution in [2.24, 2.45) is 0 Å². The number of likely N-dealkylation sites (N-methyl/N-ethyl adjacent to an activating group) is 1. The lowest BCUT2D eigenvalue weighted by Gasteiger charge is -2.16. The summed E-state index contributed by atoms with van der Waals surface area (Å²) in [5.41, 5.74) is 2.53. The largest absolute Gasteiger partial charge is 0.340 e. The van der Waals surface area contributed by atoms with Crippen LogP contribution in [-0.2, 0) is 6.42 Å². The van der Waals surface area contributed by atoms with Gasteiger partial charge in [0.15, 0.2) is 0 Å². The number of aromatic nitrogens is 2. The molecule has 2 heterocycles. The number of nitrogens with zero attached hydrogens (tertiary/aromatic N) is 3. The minimum Gasteiger partial charge on any atom is -0.340 e. The van der Waals surface area contributed by atoms with E-state index >= 15 is 0 Å². The predicted molar refractivity (Wildman–Crippen MR) is 73.9 cm³/mol. The molecule has 2 rings (SSSR count). The third kappa shape index (κ3) is 3.61. The molecular formula is C15H17N3O. The highest BCUT2D eigenvalue weighted by atomic mass is 16.2. The van der Waals surface area contributed by atoms with Gasteiger partial charge in [-0.3, -0.25) is 9.78 Å². The van der Waals surface area contributed by atoms with Gasteiger partial charge in [0, 0.05) is 31.7 Å². The van der Waals surface area contributed by atoms with Gasteiger partial charge in [-0.15, -0.1) is 0 Å². The smallest absolute Gasteiger partial charge is 0.272 e. The third-order valence-corrected chi connectivity index (χ3v) is 2.94. The van der Waals surface area contributed by atoms with Crippen molar-refractivity contribution in [1.82, 2.24) is 14.9 Å². The van der Waals surface area contributed by atoms with Crippen LogP contribution in [0.3, 0.4) is 0 Å². The SMILES string of the molecule is Cc1cccc(C(=O)N(C)CCc2ccncc2)n1. The molecular weight excluding hydrogens is 238 g/mol. The van der Waals surface area contributed by atoms with E-state index in [9.17, 15) is 4.79 Å². The van der Waals surface area contributed by atoms with Crippen LogP contribution in [0.5, 0.6) is 0 Å². The Morgan fingerprint density at radius 3 is 2.63 bits per heavy atom. The molecule has 0 fully saturated rings. The quantitative estimate of drug-likeness (QED) is 0.840. The highest BCUT2D eigenvalue weighted by Gasteiger charge is 2.12. The van der Waals surface area contributed by atoms with Crippen molar-refractivity contribution in [3.8, 4) is 0 Å². The average Bonchev–Trinajstić information content (AvgIpc) is 2.45. The van der Waals surface area contributed by atoms with Gasteiger partial charge in [-0.25, -0.2) is 4.98 Å². The van der Waals surface area contributed by atoms with E-state index in [1.807, 2.05) is 31.2 Å². The molecule has 0 bridgehead atoms. The minimum absolute atomic E-state index is 0.0437. The Labute approximate surface area is 113 Å². The standard InChI is InChI=1S/C15H17N3O/c1-12-4-3-5-14(17-12)15(19)18(2)11-8-13-6-9-16-10-7-13/h3-7,9-10H,8,11H2,1-2H3. The molecule has 0 saturated heterocycles. The molecule has 2 aromatic rings. The number of carbonyl (C=O) groups excluding carboxylic acids is 1. The Kier molecular flexibility index (Phi) is 4.23. The van der Waals surface area contributed by atoms with Crippen LogP contribution in [-0.4, -0.2) is 34.4 Å². The number of carbonyl (C=O) groups is 1. The number of hydrogen-bond donors (Lipinski definition) is 0. The summed E-state index contributed by atoms with van der Waals surface area (Å²) in [7, 11) is 1.80. The van der Waals surface area contributed by atoms with Gasteiger partial charge in [0.2, 0.25) is 0 Å². The molecule has 0 atom stereocenters. The minimum atomic E-state index is -0.0437. The second kappa shape index (κ2) is 6.09. The number of hydrogen-bond acceptors (Lipinski definition) is 3. The molecule has 98 valence electrons. The fourth-order valence-corrected chi connectivity index (χ4v) is 1.81. The van der Waals surface area contributed by atoms with Gasteiger partial charge >= 0.3 is 0 Å². The molecule has 19 heavy (non-hydrogen) atoms. The fraction of sp³-hybridized carbons (Fsp3) is 0.267. The van der Waals surface area contributed by atoms with Gasteiger partial charge in [0.05, 0.1) is 0 Å². The molecule has 0 aliphatic rings. The van der Waals surface area contributed by atoms with Crippen LogP contribution >= 0.6 is 0 Å². The third-order valence-electron chi connectivity index (χ3n) is 2.94. The Morgan fingerprint density at radius 2 is 1.95 bits per heavy atom. The maximum Gasteiger partial charge on any atom is 0.272 e. The van der Waals surface area contributed by atoms with Crippen LogP contribution in [0, 0.1) is 6.92 Å². The number of pyridine rings is 2. The van der Waals surface area contributed by atoms with Crippen molar-refractivity contribution in [2.45, 2.75) is 13.3 Å². The van der Waals surface area contributed by atoms with E-state index < -0.39 is 0 Å². The van der Waals surface area contributed by atoms with Gasteiger partial charge in [-0.2, -0.15) is 0 Å². The van der Waals surface area contributed by atoms with E-state index in [4.69, 9.17) is 0 Å². The molecule has 0 N–H and O–H groups in total. The predicted octanol–water partition coefficient (Wildman–Crippen LogP) is 2.10. The number of aryl methyl sites for hydroxylation is 1. The fourth-order valence-electron chi connectivity index (χ4n) is 1.81. The molecule has 0 spiro atoms. The number of rotatable bonds is 4. The summed E-state index contributed by atoms with van der Waals surface area (Å²) >= 11 is 0. The first-order chi connectivity index (χ1) is 9.16. The molecule has 4 nitrogen and oxygen atoms in total. The molecule has 2 aromatic heterocycles. The highest BCUT2D eigenvalue weighted by molar-refractivity contribution is 5.92. The molecule has 4 heteroatoms. The molecule has 0 radical (unpaired) electrons. The lowest BCUT2D eigenvalue weighted by atomic mass is 10.2. The maximum atomic E-state index is 12.2. The molecule has 0 aromatic carbocycles. The Bertz CT molecular complexity index is 554. The van der Waals surface area contributed by atoms with Crippen molar-refractivity contribution in [3.63, 3.8) is 0 Å². The molecule has 0 saturated carbocycles. The average molecular weight is 255 g/mol. The second-order valence-corrected chi connectivity index (χ2v) is 4.50. The zero-order valence-corrected chi connectivity index (χ0v) is 11.2. The van der Waals surface area contributed by atoms with Crippen LogP contribution in [0.15, 0.2) is 42.7 Å². The lowest BCUT2D eigenvalue weighted by Crippen LogP contribution is -2.29. The first-order valence-electron chi connectivity index (χ1n) is 6.25. The first kappa shape index (κ1) is 13.2. The summed E-state index contributed by atoms with van der Waals surface area (Å²) in [6, 6.07) is 9.41. The van der Waals surface area contributed by atoms with Crippen LogP contribution in [0.4, 0.5) is 0 Å². The molecule has 0 unspecified atom stereocenters. The lowest BCUT2D eigenvalue weighted by molar-refractivity contribution is 0.0790. The summed E-state index contributed by atoms with van der Waals surface area (Å²) in [6.45, 7) is 2.55. The van der Waals surface area contributed by atoms with Gasteiger partial charge in [-0.05, 0) is 43.2 Å². The summed E-state index contributed by atoms with van der Waals surface area (Å²) < 4.78 is 0. The Morgan fingerprint density at radius 1 is 1.21 bits per heavy atom. The van der Waals surface area contributed by atoms with Gasteiger partial charge in [-0.1, -0.05) is 6.07 Å². The number of amides is 1. The summed E-state index contributed by atoms with van der Waals surface area (Å²) in [4.78, 5) is 22.1. The van der Waals surface area contributed by atoms with Crippen LogP contribution in [0.1, 0.15) is 21.7 Å².